The van der Waals surface area contributed by atoms with Crippen molar-refractivity contribution in [3.63, 3.8) is 0 Å². The van der Waals surface area contributed by atoms with Gasteiger partial charge in [-0.1, -0.05) is 36.4 Å². The van der Waals surface area contributed by atoms with E-state index in [0.29, 0.717) is 16.9 Å². The van der Waals surface area contributed by atoms with Gasteiger partial charge >= 0.3 is 0 Å². The van der Waals surface area contributed by atoms with Crippen molar-refractivity contribution in [2.75, 3.05) is 17.7 Å². The maximum atomic E-state index is 12.6. The van der Waals surface area contributed by atoms with E-state index in [9.17, 15) is 9.59 Å². The number of ether oxygens (including phenoxy) is 1. The molecular formula is C19H23N3O3. The number of methoxy groups -OCH3 is 1. The minimum Gasteiger partial charge on any atom is -0.372 e. The molecule has 2 unspecified atom stereocenters. The number of rotatable bonds is 6. The van der Waals surface area contributed by atoms with Crippen LogP contribution >= 0.6 is 0 Å². The Morgan fingerprint density at radius 1 is 1.04 bits per heavy atom. The van der Waals surface area contributed by atoms with Crippen LogP contribution in [0.3, 0.4) is 0 Å². The summed E-state index contributed by atoms with van der Waals surface area (Å²) in [4.78, 5) is 24.5. The van der Waals surface area contributed by atoms with Gasteiger partial charge in [-0.25, -0.2) is 0 Å². The normalized spacial score (nSPS) is 14.2. The number of nitrogens with one attached hydrogen (secondary N) is 2. The molecule has 0 aliphatic heterocycles. The standard InChI is InChI=1S/C19H23N3O3/c1-13(25-3)17(23)21-15-10-7-11-16(12-15)22-18(24)19(2,20)14-8-5-4-6-9-14/h4-13H,20H2,1-3H3,(H,21,23)(H,22,24). The first kappa shape index (κ1) is 18.6. The third-order valence-electron chi connectivity index (χ3n) is 3.96. The van der Waals surface area contributed by atoms with Gasteiger partial charge in [-0.15, -0.1) is 0 Å². The van der Waals surface area contributed by atoms with Gasteiger partial charge in [-0.3, -0.25) is 9.59 Å². The summed E-state index contributed by atoms with van der Waals surface area (Å²) in [7, 11) is 1.46. The minimum absolute atomic E-state index is 0.265. The van der Waals surface area contributed by atoms with E-state index in [1.165, 1.54) is 7.11 Å². The first-order valence-electron chi connectivity index (χ1n) is 7.94. The topological polar surface area (TPSA) is 93.5 Å². The summed E-state index contributed by atoms with van der Waals surface area (Å²) < 4.78 is 4.97. The molecule has 25 heavy (non-hydrogen) atoms. The van der Waals surface area contributed by atoms with Crippen molar-refractivity contribution in [2.24, 2.45) is 5.73 Å². The van der Waals surface area contributed by atoms with E-state index < -0.39 is 11.6 Å². The molecule has 0 heterocycles. The van der Waals surface area contributed by atoms with Gasteiger partial charge in [0.2, 0.25) is 5.91 Å². The molecule has 0 spiro atoms. The van der Waals surface area contributed by atoms with Crippen LogP contribution in [0.15, 0.2) is 54.6 Å². The zero-order valence-electron chi connectivity index (χ0n) is 14.6. The highest BCUT2D eigenvalue weighted by molar-refractivity contribution is 5.99. The lowest BCUT2D eigenvalue weighted by Crippen LogP contribution is -2.45. The van der Waals surface area contributed by atoms with Crippen molar-refractivity contribution in [1.29, 1.82) is 0 Å². The molecule has 2 aromatic carbocycles. The second-order valence-corrected chi connectivity index (χ2v) is 5.97. The van der Waals surface area contributed by atoms with E-state index in [4.69, 9.17) is 10.5 Å². The van der Waals surface area contributed by atoms with Crippen LogP contribution in [-0.2, 0) is 19.9 Å². The Bertz CT molecular complexity index is 745. The molecule has 2 amide bonds. The number of carbonyl (C=O) groups excluding carboxylic acids is 2. The highest BCUT2D eigenvalue weighted by Crippen LogP contribution is 2.21. The number of carbonyl (C=O) groups is 2. The molecule has 0 saturated heterocycles. The predicted octanol–water partition coefficient (Wildman–Crippen LogP) is 2.47. The zero-order chi connectivity index (χ0) is 18.4. The Labute approximate surface area is 147 Å². The Kier molecular flexibility index (Phi) is 5.90. The van der Waals surface area contributed by atoms with Crippen molar-refractivity contribution >= 4 is 23.2 Å². The van der Waals surface area contributed by atoms with Crippen LogP contribution in [0.4, 0.5) is 11.4 Å². The van der Waals surface area contributed by atoms with Crippen molar-refractivity contribution in [3.05, 3.63) is 60.2 Å². The summed E-state index contributed by atoms with van der Waals surface area (Å²) in [5.74, 6) is -0.605. The third kappa shape index (κ3) is 4.65. The third-order valence-corrected chi connectivity index (χ3v) is 3.96. The average molecular weight is 341 g/mol. The van der Waals surface area contributed by atoms with Crippen molar-refractivity contribution < 1.29 is 14.3 Å². The smallest absolute Gasteiger partial charge is 0.253 e. The average Bonchev–Trinajstić information content (AvgIpc) is 2.61. The van der Waals surface area contributed by atoms with Crippen LogP contribution < -0.4 is 16.4 Å². The fraction of sp³-hybridized carbons (Fsp3) is 0.263. The Hall–Kier alpha value is -2.70. The molecule has 6 heteroatoms. The Morgan fingerprint density at radius 3 is 2.24 bits per heavy atom. The van der Waals surface area contributed by atoms with Gasteiger partial charge in [0.15, 0.2) is 0 Å². The van der Waals surface area contributed by atoms with Crippen molar-refractivity contribution in [2.45, 2.75) is 25.5 Å². The van der Waals surface area contributed by atoms with Gasteiger partial charge < -0.3 is 21.1 Å². The second kappa shape index (κ2) is 7.92. The van der Waals surface area contributed by atoms with Gasteiger partial charge in [0.1, 0.15) is 11.6 Å². The summed E-state index contributed by atoms with van der Waals surface area (Å²) in [6, 6.07) is 16.0. The van der Waals surface area contributed by atoms with Crippen LogP contribution in [0.5, 0.6) is 0 Å². The Morgan fingerprint density at radius 2 is 1.64 bits per heavy atom. The SMILES string of the molecule is COC(C)C(=O)Nc1cccc(NC(=O)C(C)(N)c2ccccc2)c1. The van der Waals surface area contributed by atoms with E-state index in [-0.39, 0.29) is 11.8 Å². The molecule has 6 nitrogen and oxygen atoms in total. The van der Waals surface area contributed by atoms with Gasteiger partial charge in [0.05, 0.1) is 0 Å². The number of nitrogens with two attached hydrogens (primary N) is 1. The lowest BCUT2D eigenvalue weighted by molar-refractivity contribution is -0.124. The fourth-order valence-electron chi connectivity index (χ4n) is 2.20. The largest absolute Gasteiger partial charge is 0.372 e. The van der Waals surface area contributed by atoms with Crippen LogP contribution in [0, 0.1) is 0 Å². The van der Waals surface area contributed by atoms with E-state index >= 15 is 0 Å². The quantitative estimate of drug-likeness (QED) is 0.752. The van der Waals surface area contributed by atoms with Crippen LogP contribution in [0.25, 0.3) is 0 Å². The molecule has 2 atom stereocenters. The van der Waals surface area contributed by atoms with E-state index in [0.717, 1.165) is 0 Å². The number of hydrogen-bond acceptors (Lipinski definition) is 4. The predicted molar refractivity (Wildman–Crippen MR) is 98.2 cm³/mol. The van der Waals surface area contributed by atoms with Gasteiger partial charge in [0, 0.05) is 18.5 Å². The highest BCUT2D eigenvalue weighted by atomic mass is 16.5. The zero-order valence-corrected chi connectivity index (χ0v) is 14.6. The molecule has 0 aliphatic rings. The molecule has 4 N–H and O–H groups in total. The molecular weight excluding hydrogens is 318 g/mol. The first-order valence-corrected chi connectivity index (χ1v) is 7.94. The maximum Gasteiger partial charge on any atom is 0.253 e. The van der Waals surface area contributed by atoms with Gasteiger partial charge in [0.25, 0.3) is 5.91 Å². The van der Waals surface area contributed by atoms with E-state index in [2.05, 4.69) is 10.6 Å². The second-order valence-electron chi connectivity index (χ2n) is 5.97. The molecule has 0 bridgehead atoms. The number of hydrogen-bond donors (Lipinski definition) is 3. The van der Waals surface area contributed by atoms with E-state index in [1.807, 2.05) is 30.3 Å². The van der Waals surface area contributed by atoms with Gasteiger partial charge in [-0.2, -0.15) is 0 Å². The molecule has 0 aromatic heterocycles. The summed E-state index contributed by atoms with van der Waals surface area (Å²) in [6.45, 7) is 3.31. The summed E-state index contributed by atoms with van der Waals surface area (Å²) >= 11 is 0. The van der Waals surface area contributed by atoms with Gasteiger partial charge in [-0.05, 0) is 37.6 Å². The molecule has 0 saturated carbocycles. The molecule has 0 radical (unpaired) electrons. The monoisotopic (exact) mass is 341 g/mol. The maximum absolute atomic E-state index is 12.6. The molecule has 0 fully saturated rings. The highest BCUT2D eigenvalue weighted by Gasteiger charge is 2.30. The Balaban J connectivity index is 2.11. The summed E-state index contributed by atoms with van der Waals surface area (Å²) in [6.07, 6.45) is -0.566. The van der Waals surface area contributed by atoms with Crippen LogP contribution in [0.2, 0.25) is 0 Å². The molecule has 132 valence electrons. The van der Waals surface area contributed by atoms with Crippen LogP contribution in [-0.4, -0.2) is 25.0 Å². The van der Waals surface area contributed by atoms with Crippen molar-refractivity contribution in [1.82, 2.24) is 0 Å². The van der Waals surface area contributed by atoms with Crippen LogP contribution in [0.1, 0.15) is 19.4 Å². The molecule has 0 aliphatic carbocycles. The van der Waals surface area contributed by atoms with E-state index in [1.54, 1.807) is 38.1 Å². The number of amides is 2. The summed E-state index contributed by atoms with van der Waals surface area (Å²) in [5, 5.41) is 5.52. The number of anilines is 2. The lowest BCUT2D eigenvalue weighted by atomic mass is 9.92. The minimum atomic E-state index is -1.18. The van der Waals surface area contributed by atoms with Crippen molar-refractivity contribution in [3.8, 4) is 0 Å². The summed E-state index contributed by atoms with van der Waals surface area (Å²) in [5.41, 5.74) is 6.85. The molecule has 2 aromatic rings. The lowest BCUT2D eigenvalue weighted by Gasteiger charge is -2.24. The number of benzene rings is 2. The molecule has 2 rings (SSSR count). The fourth-order valence-corrected chi connectivity index (χ4v) is 2.20. The first-order chi connectivity index (χ1) is 11.8.